The summed E-state index contributed by atoms with van der Waals surface area (Å²) in [6.07, 6.45) is 3.30. The van der Waals surface area contributed by atoms with E-state index in [2.05, 4.69) is 5.32 Å². The first kappa shape index (κ1) is 11.5. The van der Waals surface area contributed by atoms with Crippen molar-refractivity contribution in [3.8, 4) is 0 Å². The molecule has 0 aromatic rings. The summed E-state index contributed by atoms with van der Waals surface area (Å²) in [5, 5.41) is 3.43. The van der Waals surface area contributed by atoms with Crippen LogP contribution < -0.4 is 11.1 Å². The molecule has 1 aliphatic heterocycles. The Morgan fingerprint density at radius 3 is 3.07 bits per heavy atom. The molecule has 1 unspecified atom stereocenters. The van der Waals surface area contributed by atoms with Gasteiger partial charge < -0.3 is 16.0 Å². The Kier molecular flexibility index (Phi) is 4.90. The SMILES string of the molecule is CC(=O)N1CCCC(NCCCN)C1. The zero-order chi connectivity index (χ0) is 10.4. The standard InChI is InChI=1S/C10H21N3O/c1-9(14)13-7-2-4-10(8-13)12-6-3-5-11/h10,12H,2-8,11H2,1H3. The number of hydrogen-bond donors (Lipinski definition) is 2. The lowest BCUT2D eigenvalue weighted by Gasteiger charge is -2.32. The van der Waals surface area contributed by atoms with E-state index in [-0.39, 0.29) is 5.91 Å². The van der Waals surface area contributed by atoms with E-state index in [9.17, 15) is 4.79 Å². The number of carbonyl (C=O) groups is 1. The predicted octanol–water partition coefficient (Wildman–Crippen LogP) is -0.0643. The summed E-state index contributed by atoms with van der Waals surface area (Å²) in [5.41, 5.74) is 5.42. The van der Waals surface area contributed by atoms with Gasteiger partial charge in [0.05, 0.1) is 0 Å². The lowest BCUT2D eigenvalue weighted by Crippen LogP contribution is -2.47. The van der Waals surface area contributed by atoms with Crippen LogP contribution in [0.4, 0.5) is 0 Å². The van der Waals surface area contributed by atoms with Gasteiger partial charge in [-0.25, -0.2) is 0 Å². The maximum atomic E-state index is 11.2. The molecular weight excluding hydrogens is 178 g/mol. The van der Waals surface area contributed by atoms with Crippen molar-refractivity contribution < 1.29 is 4.79 Å². The molecule has 0 spiro atoms. The Morgan fingerprint density at radius 1 is 1.64 bits per heavy atom. The van der Waals surface area contributed by atoms with Gasteiger partial charge in [-0.2, -0.15) is 0 Å². The van der Waals surface area contributed by atoms with Crippen LogP contribution in [-0.2, 0) is 4.79 Å². The maximum Gasteiger partial charge on any atom is 0.219 e. The molecule has 82 valence electrons. The highest BCUT2D eigenvalue weighted by atomic mass is 16.2. The van der Waals surface area contributed by atoms with Crippen LogP contribution in [0.25, 0.3) is 0 Å². The molecule has 0 aliphatic carbocycles. The van der Waals surface area contributed by atoms with Gasteiger partial charge in [0.1, 0.15) is 0 Å². The minimum absolute atomic E-state index is 0.190. The van der Waals surface area contributed by atoms with E-state index < -0.39 is 0 Å². The second-order valence-electron chi connectivity index (χ2n) is 3.90. The third-order valence-electron chi connectivity index (χ3n) is 2.68. The molecular formula is C10H21N3O. The van der Waals surface area contributed by atoms with E-state index in [1.54, 1.807) is 6.92 Å². The third kappa shape index (κ3) is 3.64. The Morgan fingerprint density at radius 2 is 2.43 bits per heavy atom. The molecule has 4 heteroatoms. The predicted molar refractivity (Wildman–Crippen MR) is 57.0 cm³/mol. The Bertz CT molecular complexity index is 184. The van der Waals surface area contributed by atoms with Gasteiger partial charge in [0.25, 0.3) is 0 Å². The van der Waals surface area contributed by atoms with Crippen LogP contribution in [0.5, 0.6) is 0 Å². The number of hydrogen-bond acceptors (Lipinski definition) is 3. The molecule has 1 amide bonds. The Hall–Kier alpha value is -0.610. The van der Waals surface area contributed by atoms with Crippen LogP contribution in [0.1, 0.15) is 26.2 Å². The van der Waals surface area contributed by atoms with Gasteiger partial charge in [-0.3, -0.25) is 4.79 Å². The molecule has 14 heavy (non-hydrogen) atoms. The molecule has 3 N–H and O–H groups in total. The molecule has 0 aromatic heterocycles. The number of nitrogens with zero attached hydrogens (tertiary/aromatic N) is 1. The summed E-state index contributed by atoms with van der Waals surface area (Å²) in [4.78, 5) is 13.1. The number of rotatable bonds is 4. The fourth-order valence-corrected chi connectivity index (χ4v) is 1.84. The summed E-state index contributed by atoms with van der Waals surface area (Å²) in [6.45, 7) is 5.12. The summed E-state index contributed by atoms with van der Waals surface area (Å²) in [7, 11) is 0. The highest BCUT2D eigenvalue weighted by Crippen LogP contribution is 2.09. The van der Waals surface area contributed by atoms with Crippen molar-refractivity contribution in [2.75, 3.05) is 26.2 Å². The van der Waals surface area contributed by atoms with E-state index in [1.165, 1.54) is 6.42 Å². The Labute approximate surface area is 85.8 Å². The van der Waals surface area contributed by atoms with Crippen LogP contribution in [0.2, 0.25) is 0 Å². The van der Waals surface area contributed by atoms with Crippen LogP contribution in [0.15, 0.2) is 0 Å². The number of amides is 1. The van der Waals surface area contributed by atoms with Gasteiger partial charge in [-0.05, 0) is 32.4 Å². The maximum absolute atomic E-state index is 11.2. The van der Waals surface area contributed by atoms with Crippen LogP contribution in [0, 0.1) is 0 Å². The van der Waals surface area contributed by atoms with Crippen molar-refractivity contribution in [3.63, 3.8) is 0 Å². The first-order valence-corrected chi connectivity index (χ1v) is 5.43. The van der Waals surface area contributed by atoms with Gasteiger partial charge >= 0.3 is 0 Å². The van der Waals surface area contributed by atoms with Gasteiger partial charge in [-0.1, -0.05) is 0 Å². The lowest BCUT2D eigenvalue weighted by atomic mass is 10.1. The number of carbonyl (C=O) groups excluding carboxylic acids is 1. The summed E-state index contributed by atoms with van der Waals surface area (Å²) < 4.78 is 0. The van der Waals surface area contributed by atoms with Crippen LogP contribution >= 0.6 is 0 Å². The van der Waals surface area contributed by atoms with Crippen molar-refractivity contribution in [1.82, 2.24) is 10.2 Å². The monoisotopic (exact) mass is 199 g/mol. The molecule has 1 heterocycles. The highest BCUT2D eigenvalue weighted by molar-refractivity contribution is 5.73. The van der Waals surface area contributed by atoms with Crippen molar-refractivity contribution in [1.29, 1.82) is 0 Å². The largest absolute Gasteiger partial charge is 0.341 e. The second-order valence-corrected chi connectivity index (χ2v) is 3.90. The smallest absolute Gasteiger partial charge is 0.219 e. The highest BCUT2D eigenvalue weighted by Gasteiger charge is 2.20. The van der Waals surface area contributed by atoms with Crippen molar-refractivity contribution >= 4 is 5.91 Å². The van der Waals surface area contributed by atoms with E-state index in [0.717, 1.165) is 39.0 Å². The molecule has 1 rings (SSSR count). The molecule has 0 aromatic carbocycles. The molecule has 1 aliphatic rings. The molecule has 4 nitrogen and oxygen atoms in total. The minimum Gasteiger partial charge on any atom is -0.341 e. The number of nitrogens with two attached hydrogens (primary N) is 1. The number of likely N-dealkylation sites (tertiary alicyclic amines) is 1. The Balaban J connectivity index is 2.22. The lowest BCUT2D eigenvalue weighted by molar-refractivity contribution is -0.130. The summed E-state index contributed by atoms with van der Waals surface area (Å²) in [5.74, 6) is 0.190. The average molecular weight is 199 g/mol. The molecule has 1 fully saturated rings. The molecule has 0 bridgehead atoms. The first-order chi connectivity index (χ1) is 6.74. The first-order valence-electron chi connectivity index (χ1n) is 5.43. The summed E-state index contributed by atoms with van der Waals surface area (Å²) in [6, 6.07) is 0.471. The third-order valence-corrected chi connectivity index (χ3v) is 2.68. The van der Waals surface area contributed by atoms with Gasteiger partial charge in [-0.15, -0.1) is 0 Å². The van der Waals surface area contributed by atoms with Gasteiger partial charge in [0, 0.05) is 26.1 Å². The fourth-order valence-electron chi connectivity index (χ4n) is 1.84. The second kappa shape index (κ2) is 5.98. The summed E-state index contributed by atoms with van der Waals surface area (Å²) >= 11 is 0. The van der Waals surface area contributed by atoms with E-state index in [0.29, 0.717) is 6.04 Å². The molecule has 1 atom stereocenters. The van der Waals surface area contributed by atoms with Crippen molar-refractivity contribution in [3.05, 3.63) is 0 Å². The molecule has 0 radical (unpaired) electrons. The van der Waals surface area contributed by atoms with E-state index in [1.807, 2.05) is 4.90 Å². The molecule has 1 saturated heterocycles. The van der Waals surface area contributed by atoms with Gasteiger partial charge in [0.2, 0.25) is 5.91 Å². The van der Waals surface area contributed by atoms with Crippen LogP contribution in [-0.4, -0.2) is 43.0 Å². The zero-order valence-electron chi connectivity index (χ0n) is 8.96. The quantitative estimate of drug-likeness (QED) is 0.623. The zero-order valence-corrected chi connectivity index (χ0v) is 8.96. The van der Waals surface area contributed by atoms with E-state index >= 15 is 0 Å². The van der Waals surface area contributed by atoms with Crippen molar-refractivity contribution in [2.24, 2.45) is 5.73 Å². The van der Waals surface area contributed by atoms with Crippen molar-refractivity contribution in [2.45, 2.75) is 32.2 Å². The topological polar surface area (TPSA) is 58.4 Å². The molecule has 0 saturated carbocycles. The normalized spacial score (nSPS) is 22.4. The fraction of sp³-hybridized carbons (Fsp3) is 0.900. The number of nitrogens with one attached hydrogen (secondary N) is 1. The minimum atomic E-state index is 0.190. The van der Waals surface area contributed by atoms with Crippen LogP contribution in [0.3, 0.4) is 0 Å². The van der Waals surface area contributed by atoms with E-state index in [4.69, 9.17) is 5.73 Å². The average Bonchev–Trinajstić information content (AvgIpc) is 2.19. The number of piperidine rings is 1. The van der Waals surface area contributed by atoms with Gasteiger partial charge in [0.15, 0.2) is 0 Å².